The lowest BCUT2D eigenvalue weighted by atomic mass is 10.1. The normalized spacial score (nSPS) is 12.2. The summed E-state index contributed by atoms with van der Waals surface area (Å²) in [6.45, 7) is 7.55. The number of para-hydroxylation sites is 2. The van der Waals surface area contributed by atoms with Gasteiger partial charge >= 0.3 is 5.97 Å². The molecule has 2 aromatic carbocycles. The van der Waals surface area contributed by atoms with Crippen LogP contribution in [-0.4, -0.2) is 27.5 Å². The van der Waals surface area contributed by atoms with Gasteiger partial charge in [-0.3, -0.25) is 9.59 Å². The standard InChI is InChI=1S/C23H27N3O3/c1-15(2)29-22(28)14-26-20-12-8-7-11-19(20)25-23(26)17(4)24-21(27)13-18-10-6-5-9-16(18)3/h5-12,15,17H,13-14H2,1-4H3,(H,24,27). The number of aryl methyl sites for hydroxylation is 1. The first kappa shape index (κ1) is 20.6. The topological polar surface area (TPSA) is 73.2 Å². The van der Waals surface area contributed by atoms with Crippen LogP contribution in [0.2, 0.25) is 0 Å². The van der Waals surface area contributed by atoms with Gasteiger partial charge in [0.15, 0.2) is 0 Å². The molecule has 3 rings (SSSR count). The van der Waals surface area contributed by atoms with Gasteiger partial charge in [0.25, 0.3) is 0 Å². The van der Waals surface area contributed by atoms with Gasteiger partial charge in [-0.05, 0) is 51.0 Å². The molecule has 0 saturated heterocycles. The van der Waals surface area contributed by atoms with Gasteiger partial charge in [0, 0.05) is 0 Å². The highest BCUT2D eigenvalue weighted by molar-refractivity contribution is 5.81. The summed E-state index contributed by atoms with van der Waals surface area (Å²) in [6, 6.07) is 15.1. The Kier molecular flexibility index (Phi) is 6.32. The van der Waals surface area contributed by atoms with Crippen molar-refractivity contribution in [3.8, 4) is 0 Å². The largest absolute Gasteiger partial charge is 0.462 e. The number of imidazole rings is 1. The summed E-state index contributed by atoms with van der Waals surface area (Å²) in [5.74, 6) is 0.211. The number of nitrogens with one attached hydrogen (secondary N) is 1. The third-order valence-corrected chi connectivity index (χ3v) is 4.72. The van der Waals surface area contributed by atoms with E-state index in [1.807, 2.05) is 80.8 Å². The van der Waals surface area contributed by atoms with Crippen molar-refractivity contribution in [2.75, 3.05) is 0 Å². The van der Waals surface area contributed by atoms with Crippen LogP contribution >= 0.6 is 0 Å². The van der Waals surface area contributed by atoms with Gasteiger partial charge in [0.2, 0.25) is 5.91 Å². The fourth-order valence-corrected chi connectivity index (χ4v) is 3.36. The number of amides is 1. The first-order valence-corrected chi connectivity index (χ1v) is 9.83. The molecule has 1 atom stereocenters. The number of nitrogens with zero attached hydrogens (tertiary/aromatic N) is 2. The van der Waals surface area contributed by atoms with Crippen molar-refractivity contribution in [3.05, 3.63) is 65.5 Å². The summed E-state index contributed by atoms with van der Waals surface area (Å²) < 4.78 is 7.12. The van der Waals surface area contributed by atoms with Crippen molar-refractivity contribution in [1.29, 1.82) is 0 Å². The first-order chi connectivity index (χ1) is 13.8. The van der Waals surface area contributed by atoms with Crippen molar-refractivity contribution in [1.82, 2.24) is 14.9 Å². The van der Waals surface area contributed by atoms with E-state index in [9.17, 15) is 9.59 Å². The zero-order valence-corrected chi connectivity index (χ0v) is 17.3. The maximum atomic E-state index is 12.6. The molecule has 0 radical (unpaired) electrons. The van der Waals surface area contributed by atoms with Crippen LogP contribution in [0.15, 0.2) is 48.5 Å². The number of benzene rings is 2. The SMILES string of the molecule is Cc1ccccc1CC(=O)NC(C)c1nc2ccccc2n1CC(=O)OC(C)C. The second-order valence-corrected chi connectivity index (χ2v) is 7.48. The van der Waals surface area contributed by atoms with Crippen LogP contribution in [0.4, 0.5) is 0 Å². The Balaban J connectivity index is 1.82. The summed E-state index contributed by atoms with van der Waals surface area (Å²) >= 11 is 0. The maximum Gasteiger partial charge on any atom is 0.326 e. The van der Waals surface area contributed by atoms with Gasteiger partial charge in [-0.1, -0.05) is 36.4 Å². The fraction of sp³-hybridized carbons (Fsp3) is 0.348. The van der Waals surface area contributed by atoms with Crippen molar-refractivity contribution < 1.29 is 14.3 Å². The minimum atomic E-state index is -0.356. The Bertz CT molecular complexity index is 1020. The molecule has 6 nitrogen and oxygen atoms in total. The van der Waals surface area contributed by atoms with Crippen LogP contribution in [0.3, 0.4) is 0 Å². The van der Waals surface area contributed by atoms with Gasteiger partial charge in [0.1, 0.15) is 12.4 Å². The molecule has 152 valence electrons. The summed E-state index contributed by atoms with van der Waals surface area (Å²) in [5, 5.41) is 3.01. The zero-order chi connectivity index (χ0) is 21.0. The summed E-state index contributed by atoms with van der Waals surface area (Å²) in [4.78, 5) is 29.5. The lowest BCUT2D eigenvalue weighted by Crippen LogP contribution is -2.31. The molecule has 1 heterocycles. The van der Waals surface area contributed by atoms with Crippen molar-refractivity contribution >= 4 is 22.9 Å². The van der Waals surface area contributed by atoms with E-state index < -0.39 is 0 Å². The second-order valence-electron chi connectivity index (χ2n) is 7.48. The number of hydrogen-bond donors (Lipinski definition) is 1. The molecule has 1 unspecified atom stereocenters. The van der Waals surface area contributed by atoms with Crippen molar-refractivity contribution in [2.45, 2.75) is 52.8 Å². The van der Waals surface area contributed by atoms with E-state index in [2.05, 4.69) is 10.3 Å². The van der Waals surface area contributed by atoms with E-state index in [0.29, 0.717) is 12.2 Å². The highest BCUT2D eigenvalue weighted by Crippen LogP contribution is 2.21. The number of carbonyl (C=O) groups is 2. The summed E-state index contributed by atoms with van der Waals surface area (Å²) in [5.41, 5.74) is 3.69. The average Bonchev–Trinajstić information content (AvgIpc) is 3.01. The molecule has 3 aromatic rings. The van der Waals surface area contributed by atoms with E-state index in [4.69, 9.17) is 4.74 Å². The second kappa shape index (κ2) is 8.90. The van der Waals surface area contributed by atoms with Crippen molar-refractivity contribution in [2.24, 2.45) is 0 Å². The smallest absolute Gasteiger partial charge is 0.326 e. The van der Waals surface area contributed by atoms with Gasteiger partial charge in [0.05, 0.1) is 29.6 Å². The number of fused-ring (bicyclic) bond motifs is 1. The Labute approximate surface area is 170 Å². The predicted octanol–water partition coefficient (Wildman–Crippen LogP) is 3.72. The Morgan fingerprint density at radius 3 is 2.48 bits per heavy atom. The Hall–Kier alpha value is -3.15. The monoisotopic (exact) mass is 393 g/mol. The lowest BCUT2D eigenvalue weighted by Gasteiger charge is -2.17. The van der Waals surface area contributed by atoms with Crippen LogP contribution in [0.1, 0.15) is 43.8 Å². The molecule has 1 aromatic heterocycles. The third kappa shape index (κ3) is 5.02. The van der Waals surface area contributed by atoms with E-state index in [1.165, 1.54) is 0 Å². The van der Waals surface area contributed by atoms with Gasteiger partial charge in [-0.25, -0.2) is 4.98 Å². The minimum absolute atomic E-state index is 0.0476. The molecular weight excluding hydrogens is 366 g/mol. The number of hydrogen-bond acceptors (Lipinski definition) is 4. The third-order valence-electron chi connectivity index (χ3n) is 4.72. The molecule has 0 aliphatic rings. The van der Waals surface area contributed by atoms with Gasteiger partial charge < -0.3 is 14.6 Å². The molecule has 1 N–H and O–H groups in total. The number of esters is 1. The summed E-state index contributed by atoms with van der Waals surface area (Å²) in [6.07, 6.45) is 0.110. The van der Waals surface area contributed by atoms with E-state index >= 15 is 0 Å². The Morgan fingerprint density at radius 2 is 1.76 bits per heavy atom. The average molecular weight is 393 g/mol. The summed E-state index contributed by atoms with van der Waals surface area (Å²) in [7, 11) is 0. The number of carbonyl (C=O) groups excluding carboxylic acids is 2. The molecule has 0 aliphatic carbocycles. The predicted molar refractivity (Wildman–Crippen MR) is 112 cm³/mol. The molecule has 0 aliphatic heterocycles. The number of ether oxygens (including phenoxy) is 1. The zero-order valence-electron chi connectivity index (χ0n) is 17.3. The quantitative estimate of drug-likeness (QED) is 0.621. The molecular formula is C23H27N3O3. The Morgan fingerprint density at radius 1 is 1.07 bits per heavy atom. The van der Waals surface area contributed by atoms with Gasteiger partial charge in [-0.2, -0.15) is 0 Å². The van der Waals surface area contributed by atoms with Crippen LogP contribution in [-0.2, 0) is 27.3 Å². The molecule has 0 fully saturated rings. The maximum absolute atomic E-state index is 12.6. The van der Waals surface area contributed by atoms with E-state index in [0.717, 1.165) is 22.2 Å². The molecule has 0 bridgehead atoms. The molecule has 6 heteroatoms. The number of rotatable bonds is 7. The molecule has 0 spiro atoms. The lowest BCUT2D eigenvalue weighted by molar-refractivity contribution is -0.148. The number of aromatic nitrogens is 2. The molecule has 1 amide bonds. The van der Waals surface area contributed by atoms with Crippen LogP contribution in [0.25, 0.3) is 11.0 Å². The highest BCUT2D eigenvalue weighted by Gasteiger charge is 2.21. The van der Waals surface area contributed by atoms with Crippen LogP contribution in [0, 0.1) is 6.92 Å². The van der Waals surface area contributed by atoms with Gasteiger partial charge in [-0.15, -0.1) is 0 Å². The van der Waals surface area contributed by atoms with E-state index in [-0.39, 0.29) is 30.6 Å². The molecule has 0 saturated carbocycles. The van der Waals surface area contributed by atoms with Crippen LogP contribution < -0.4 is 5.32 Å². The minimum Gasteiger partial charge on any atom is -0.462 e. The first-order valence-electron chi connectivity index (χ1n) is 9.83. The fourth-order valence-electron chi connectivity index (χ4n) is 3.36. The molecule has 29 heavy (non-hydrogen) atoms. The highest BCUT2D eigenvalue weighted by atomic mass is 16.5. The van der Waals surface area contributed by atoms with Crippen molar-refractivity contribution in [3.63, 3.8) is 0 Å². The van der Waals surface area contributed by atoms with Crippen LogP contribution in [0.5, 0.6) is 0 Å². The van der Waals surface area contributed by atoms with E-state index in [1.54, 1.807) is 0 Å².